The van der Waals surface area contributed by atoms with Gasteiger partial charge in [0, 0.05) is 6.04 Å². The molecular weight excluding hydrogens is 435 g/mol. The van der Waals surface area contributed by atoms with Crippen molar-refractivity contribution in [1.29, 1.82) is 0 Å². The summed E-state index contributed by atoms with van der Waals surface area (Å²) in [5.74, 6) is -1.07. The molecule has 3 rings (SSSR count). The van der Waals surface area contributed by atoms with Gasteiger partial charge < -0.3 is 4.74 Å². The van der Waals surface area contributed by atoms with Gasteiger partial charge >= 0.3 is 12.1 Å². The maximum atomic E-state index is 13.6. The van der Waals surface area contributed by atoms with E-state index in [0.717, 1.165) is 22.0 Å². The van der Waals surface area contributed by atoms with Crippen LogP contribution in [0.15, 0.2) is 41.1 Å². The van der Waals surface area contributed by atoms with Crippen molar-refractivity contribution in [2.45, 2.75) is 57.6 Å². The van der Waals surface area contributed by atoms with Crippen molar-refractivity contribution in [3.63, 3.8) is 0 Å². The van der Waals surface area contributed by atoms with Gasteiger partial charge in [0.2, 0.25) is 10.0 Å². The molecule has 0 fully saturated rings. The number of rotatable bonds is 7. The van der Waals surface area contributed by atoms with Gasteiger partial charge in [0.15, 0.2) is 5.69 Å². The maximum Gasteiger partial charge on any atom is 0.433 e. The number of hydrogen-bond donors (Lipinski definition) is 1. The number of carbonyl (C=O) groups excluding carboxylic acids is 1. The minimum absolute atomic E-state index is 0.0462. The molecule has 0 aliphatic heterocycles. The Morgan fingerprint density at radius 2 is 2.06 bits per heavy atom. The average Bonchev–Trinajstić information content (AvgIpc) is 3.24. The van der Waals surface area contributed by atoms with Gasteiger partial charge in [0.25, 0.3) is 0 Å². The summed E-state index contributed by atoms with van der Waals surface area (Å²) in [6, 6.07) is -0.382. The standard InChI is InChI=1S/C20H24F3N3O4S/c1-4-30-19(27)17-10-24-26(18(17)20(21,22)23)11-13-5-6-14-8-16(9-15(14)7-13)25-31(28,29)12(2)3/h5,7-8,10,12,16,25H,4,6,9,11H2,1-3H3/t16-/m1/s1. The van der Waals surface area contributed by atoms with E-state index in [4.69, 9.17) is 4.74 Å². The first kappa shape index (κ1) is 23.3. The quantitative estimate of drug-likeness (QED) is 0.632. The van der Waals surface area contributed by atoms with Gasteiger partial charge in [0.1, 0.15) is 5.56 Å². The van der Waals surface area contributed by atoms with Crippen LogP contribution >= 0.6 is 0 Å². The Labute approximate surface area is 178 Å². The summed E-state index contributed by atoms with van der Waals surface area (Å²) in [7, 11) is -3.44. The van der Waals surface area contributed by atoms with E-state index in [1.54, 1.807) is 26.0 Å². The van der Waals surface area contributed by atoms with E-state index in [2.05, 4.69) is 9.82 Å². The molecule has 2 aliphatic carbocycles. The third-order valence-corrected chi connectivity index (χ3v) is 6.94. The number of allylic oxidation sites excluding steroid dienone is 4. The third kappa shape index (κ3) is 5.09. The second kappa shape index (κ2) is 8.62. The highest BCUT2D eigenvalue weighted by Crippen LogP contribution is 2.36. The highest BCUT2D eigenvalue weighted by atomic mass is 32.2. The Bertz CT molecular complexity index is 1070. The minimum atomic E-state index is -4.78. The molecule has 1 heterocycles. The first-order chi connectivity index (χ1) is 14.4. The van der Waals surface area contributed by atoms with Crippen molar-refractivity contribution in [3.05, 3.63) is 52.4 Å². The van der Waals surface area contributed by atoms with Crippen LogP contribution in [0.1, 0.15) is 49.7 Å². The van der Waals surface area contributed by atoms with Gasteiger partial charge in [-0.1, -0.05) is 18.2 Å². The smallest absolute Gasteiger partial charge is 0.433 e. The lowest BCUT2D eigenvalue weighted by Crippen LogP contribution is -2.37. The van der Waals surface area contributed by atoms with Crippen LogP contribution in [0.3, 0.4) is 0 Å². The molecule has 0 bridgehead atoms. The van der Waals surface area contributed by atoms with Crippen LogP contribution in [0.5, 0.6) is 0 Å². The van der Waals surface area contributed by atoms with E-state index >= 15 is 0 Å². The van der Waals surface area contributed by atoms with Gasteiger partial charge in [-0.25, -0.2) is 17.9 Å². The van der Waals surface area contributed by atoms with Gasteiger partial charge in [-0.2, -0.15) is 18.3 Å². The van der Waals surface area contributed by atoms with Gasteiger partial charge in [0.05, 0.1) is 24.6 Å². The van der Waals surface area contributed by atoms with Crippen molar-refractivity contribution < 1.29 is 31.1 Å². The molecular formula is C20H24F3N3O4S. The first-order valence-electron chi connectivity index (χ1n) is 9.84. The van der Waals surface area contributed by atoms with E-state index in [0.29, 0.717) is 18.4 Å². The lowest BCUT2D eigenvalue weighted by molar-refractivity contribution is -0.144. The number of nitrogens with zero attached hydrogens (tertiary/aromatic N) is 2. The summed E-state index contributed by atoms with van der Waals surface area (Å²) in [5.41, 5.74) is 0.649. The topological polar surface area (TPSA) is 90.3 Å². The Kier molecular flexibility index (Phi) is 6.47. The first-order valence-corrected chi connectivity index (χ1v) is 11.4. The number of aromatic nitrogens is 2. The van der Waals surface area contributed by atoms with Crippen molar-refractivity contribution in [3.8, 4) is 0 Å². The predicted molar refractivity (Wildman–Crippen MR) is 108 cm³/mol. The van der Waals surface area contributed by atoms with Gasteiger partial charge in [-0.15, -0.1) is 0 Å². The van der Waals surface area contributed by atoms with E-state index in [9.17, 15) is 26.4 Å². The zero-order valence-corrected chi connectivity index (χ0v) is 18.2. The monoisotopic (exact) mass is 459 g/mol. The fourth-order valence-electron chi connectivity index (χ4n) is 3.52. The van der Waals surface area contributed by atoms with Crippen LogP contribution in [0, 0.1) is 0 Å². The molecule has 0 amide bonds. The Morgan fingerprint density at radius 1 is 1.35 bits per heavy atom. The average molecular weight is 459 g/mol. The molecule has 31 heavy (non-hydrogen) atoms. The number of ether oxygens (including phenoxy) is 1. The van der Waals surface area contributed by atoms with E-state index < -0.39 is 38.7 Å². The lowest BCUT2D eigenvalue weighted by Gasteiger charge is -2.17. The molecule has 1 aromatic rings. The highest BCUT2D eigenvalue weighted by molar-refractivity contribution is 7.90. The van der Waals surface area contributed by atoms with Crippen LogP contribution in [-0.4, -0.2) is 42.1 Å². The van der Waals surface area contributed by atoms with Crippen LogP contribution in [-0.2, 0) is 27.5 Å². The van der Waals surface area contributed by atoms with Crippen molar-refractivity contribution in [2.75, 3.05) is 6.61 Å². The number of alkyl halides is 3. The summed E-state index contributed by atoms with van der Waals surface area (Å²) in [5, 5.41) is 3.20. The van der Waals surface area contributed by atoms with E-state index in [-0.39, 0.29) is 19.2 Å². The number of esters is 1. The van der Waals surface area contributed by atoms with E-state index in [1.165, 1.54) is 6.92 Å². The summed E-state index contributed by atoms with van der Waals surface area (Å²) >= 11 is 0. The van der Waals surface area contributed by atoms with E-state index in [1.807, 2.05) is 6.08 Å². The van der Waals surface area contributed by atoms with Gasteiger partial charge in [-0.3, -0.25) is 4.68 Å². The zero-order valence-electron chi connectivity index (χ0n) is 17.4. The second-order valence-electron chi connectivity index (χ2n) is 7.65. The molecule has 0 unspecified atom stereocenters. The number of carbonyl (C=O) groups is 1. The second-order valence-corrected chi connectivity index (χ2v) is 9.92. The molecule has 11 heteroatoms. The van der Waals surface area contributed by atoms with Crippen LogP contribution in [0.25, 0.3) is 0 Å². The number of sulfonamides is 1. The summed E-state index contributed by atoms with van der Waals surface area (Å²) < 4.78 is 73.1. The molecule has 0 saturated carbocycles. The Morgan fingerprint density at radius 3 is 2.68 bits per heavy atom. The van der Waals surface area contributed by atoms with Crippen LogP contribution < -0.4 is 4.72 Å². The summed E-state index contributed by atoms with van der Waals surface area (Å²) in [4.78, 5) is 11.9. The minimum Gasteiger partial charge on any atom is -0.462 e. The van der Waals surface area contributed by atoms with Crippen molar-refractivity contribution in [2.24, 2.45) is 0 Å². The maximum absolute atomic E-state index is 13.6. The van der Waals surface area contributed by atoms with Crippen molar-refractivity contribution in [1.82, 2.24) is 14.5 Å². The number of nitrogens with one attached hydrogen (secondary N) is 1. The lowest BCUT2D eigenvalue weighted by atomic mass is 9.96. The fourth-order valence-corrected chi connectivity index (χ4v) is 4.37. The normalized spacial score (nSPS) is 19.1. The molecule has 0 spiro atoms. The molecule has 0 saturated heterocycles. The van der Waals surface area contributed by atoms with Crippen LogP contribution in [0.4, 0.5) is 13.2 Å². The fraction of sp³-hybridized carbons (Fsp3) is 0.500. The van der Waals surface area contributed by atoms with Gasteiger partial charge in [-0.05, 0) is 50.3 Å². The Balaban J connectivity index is 1.79. The molecule has 0 radical (unpaired) electrons. The zero-order chi connectivity index (χ0) is 23.0. The molecule has 1 atom stereocenters. The molecule has 1 aromatic heterocycles. The van der Waals surface area contributed by atoms with Crippen LogP contribution in [0.2, 0.25) is 0 Å². The summed E-state index contributed by atoms with van der Waals surface area (Å²) in [6.07, 6.45) is 2.37. The summed E-state index contributed by atoms with van der Waals surface area (Å²) in [6.45, 7) is 4.46. The molecule has 170 valence electrons. The predicted octanol–water partition coefficient (Wildman–Crippen LogP) is 3.36. The highest BCUT2D eigenvalue weighted by Gasteiger charge is 2.40. The number of halogens is 3. The Hall–Kier alpha value is -2.40. The SMILES string of the molecule is CCOC(=O)c1cnn(CC2=CCC3=C[C@@H](NS(=O)(=O)C(C)C)CC3=C2)c1C(F)(F)F. The molecule has 0 aromatic carbocycles. The van der Waals surface area contributed by atoms with Crippen molar-refractivity contribution >= 4 is 16.0 Å². The molecule has 2 aliphatic rings. The number of fused-ring (bicyclic) bond motifs is 1. The molecule has 7 nitrogen and oxygen atoms in total. The largest absolute Gasteiger partial charge is 0.462 e. The third-order valence-electron chi connectivity index (χ3n) is 5.07. The number of hydrogen-bond acceptors (Lipinski definition) is 5. The molecule has 1 N–H and O–H groups in total.